The Bertz CT molecular complexity index is 2580. The molecule has 8 aromatic rings. The van der Waals surface area contributed by atoms with E-state index in [-0.39, 0.29) is 10.8 Å². The molecule has 3 heteroatoms. The molecular weight excluding hydrogens is 595 g/mol. The molecule has 10 rings (SSSR count). The van der Waals surface area contributed by atoms with Gasteiger partial charge in [0.15, 0.2) is 5.82 Å². The molecule has 4 heterocycles. The fourth-order valence-electron chi connectivity index (χ4n) is 8.58. The molecule has 0 atom stereocenters. The van der Waals surface area contributed by atoms with Crippen LogP contribution in [0.25, 0.3) is 72.5 Å². The maximum atomic E-state index is 5.13. The summed E-state index contributed by atoms with van der Waals surface area (Å²) < 4.78 is 2.59. The molecule has 0 amide bonds. The first-order chi connectivity index (χ1) is 23.8. The summed E-state index contributed by atoms with van der Waals surface area (Å²) >= 11 is 0. The van der Waals surface area contributed by atoms with E-state index < -0.39 is 0 Å². The molecule has 0 fully saturated rings. The number of hydrogen-bond acceptors (Lipinski definition) is 2. The second kappa shape index (κ2) is 9.87. The molecule has 0 unspecified atom stereocenters. The van der Waals surface area contributed by atoms with Gasteiger partial charge >= 0.3 is 0 Å². The summed E-state index contributed by atoms with van der Waals surface area (Å²) in [5, 5.41) is 2.64. The molecule has 3 nitrogen and oxygen atoms in total. The van der Waals surface area contributed by atoms with E-state index in [2.05, 4.69) is 160 Å². The lowest BCUT2D eigenvalue weighted by molar-refractivity contribution is 0.594. The van der Waals surface area contributed by atoms with Crippen LogP contribution in [0, 0.1) is 0 Å². The summed E-state index contributed by atoms with van der Waals surface area (Å²) in [6.45, 7) is 9.57. The molecule has 234 valence electrons. The maximum absolute atomic E-state index is 5.13. The van der Waals surface area contributed by atoms with E-state index in [1.165, 1.54) is 55.3 Å². The highest BCUT2D eigenvalue weighted by Crippen LogP contribution is 2.55. The molecule has 0 aliphatic carbocycles. The number of para-hydroxylation sites is 2. The van der Waals surface area contributed by atoms with Crippen molar-refractivity contribution in [3.05, 3.63) is 162 Å². The van der Waals surface area contributed by atoms with Crippen molar-refractivity contribution in [1.82, 2.24) is 14.5 Å². The molecule has 6 aromatic carbocycles. The molecule has 0 spiro atoms. The molecule has 0 saturated carbocycles. The van der Waals surface area contributed by atoms with Gasteiger partial charge in [-0.05, 0) is 57.6 Å². The van der Waals surface area contributed by atoms with Gasteiger partial charge in [-0.3, -0.25) is 0 Å². The van der Waals surface area contributed by atoms with Gasteiger partial charge in [0.2, 0.25) is 0 Å². The lowest BCUT2D eigenvalue weighted by Crippen LogP contribution is -2.33. The van der Waals surface area contributed by atoms with Crippen molar-refractivity contribution in [3.63, 3.8) is 0 Å². The first-order valence-electron chi connectivity index (χ1n) is 17.2. The average molecular weight is 630 g/mol. The van der Waals surface area contributed by atoms with Gasteiger partial charge in [-0.2, -0.15) is 0 Å². The summed E-state index contributed by atoms with van der Waals surface area (Å²) in [6.07, 6.45) is 0. The van der Waals surface area contributed by atoms with E-state index in [1.54, 1.807) is 0 Å². The van der Waals surface area contributed by atoms with Gasteiger partial charge < -0.3 is 4.57 Å². The van der Waals surface area contributed by atoms with Crippen molar-refractivity contribution in [1.29, 1.82) is 0 Å². The van der Waals surface area contributed by atoms with Crippen molar-refractivity contribution in [2.75, 3.05) is 0 Å². The zero-order chi connectivity index (χ0) is 33.1. The van der Waals surface area contributed by atoms with E-state index in [0.717, 1.165) is 39.5 Å². The molecule has 0 radical (unpaired) electrons. The van der Waals surface area contributed by atoms with E-state index in [9.17, 15) is 0 Å². The van der Waals surface area contributed by atoms with Gasteiger partial charge in [-0.25, -0.2) is 9.97 Å². The molecular formula is C46H35N3. The third-order valence-corrected chi connectivity index (χ3v) is 11.2. The van der Waals surface area contributed by atoms with Crippen molar-refractivity contribution in [3.8, 4) is 50.7 Å². The number of rotatable bonds is 4. The van der Waals surface area contributed by atoms with Gasteiger partial charge in [-0.1, -0.05) is 143 Å². The largest absolute Gasteiger partial charge is 0.308 e. The number of aromatic nitrogens is 3. The molecule has 0 bridgehead atoms. The van der Waals surface area contributed by atoms with E-state index >= 15 is 0 Å². The number of hydrogen-bond donors (Lipinski definition) is 0. The average Bonchev–Trinajstić information content (AvgIpc) is 3.48. The number of benzene rings is 6. The van der Waals surface area contributed by atoms with Crippen LogP contribution in [0.1, 0.15) is 49.9 Å². The van der Waals surface area contributed by atoms with Crippen LogP contribution in [0.4, 0.5) is 0 Å². The van der Waals surface area contributed by atoms with Crippen molar-refractivity contribution >= 4 is 21.8 Å². The summed E-state index contributed by atoms with van der Waals surface area (Å²) in [4.78, 5) is 10.3. The Morgan fingerprint density at radius 3 is 1.61 bits per heavy atom. The summed E-state index contributed by atoms with van der Waals surface area (Å²) in [6, 6.07) is 50.3. The standard InChI is InChI=1S/C46H35N3/c1-45(2)35-21-12-20-33-34-25-32(26-38-42(34)49(41(33)35)43-36(45)22-13-23-37(43)46(38,3)4)30-18-11-19-31(24-30)44-47-39(28-14-7-5-8-15-28)27-40(48-44)29-16-9-6-10-17-29/h5-27H,1-4H3. The van der Waals surface area contributed by atoms with Crippen LogP contribution in [-0.4, -0.2) is 14.5 Å². The lowest BCUT2D eigenvalue weighted by atomic mass is 9.68. The predicted molar refractivity (Wildman–Crippen MR) is 202 cm³/mol. The second-order valence-corrected chi connectivity index (χ2v) is 14.7. The summed E-state index contributed by atoms with van der Waals surface area (Å²) in [5.74, 6) is 0.723. The Morgan fingerprint density at radius 2 is 0.939 bits per heavy atom. The highest BCUT2D eigenvalue weighted by molar-refractivity contribution is 6.15. The van der Waals surface area contributed by atoms with Crippen LogP contribution in [0.5, 0.6) is 0 Å². The Labute approximate surface area is 286 Å². The van der Waals surface area contributed by atoms with Crippen LogP contribution in [-0.2, 0) is 10.8 Å². The zero-order valence-electron chi connectivity index (χ0n) is 28.1. The van der Waals surface area contributed by atoms with Crippen LogP contribution in [0.3, 0.4) is 0 Å². The SMILES string of the molecule is CC1(C)c2cccc3c2-n2c4c1cccc4c1cc(-c4cccc(-c5nc(-c6ccccc6)cc(-c6ccccc6)n5)c4)cc(c12)C3(C)C. The molecule has 2 aliphatic heterocycles. The van der Waals surface area contributed by atoms with Gasteiger partial charge in [0, 0.05) is 38.3 Å². The first kappa shape index (κ1) is 28.2. The van der Waals surface area contributed by atoms with Crippen LogP contribution in [0.2, 0.25) is 0 Å². The molecule has 2 aromatic heterocycles. The van der Waals surface area contributed by atoms with Crippen LogP contribution in [0.15, 0.2) is 140 Å². The summed E-state index contributed by atoms with van der Waals surface area (Å²) in [7, 11) is 0. The van der Waals surface area contributed by atoms with Crippen LogP contribution >= 0.6 is 0 Å². The van der Waals surface area contributed by atoms with Gasteiger partial charge in [0.25, 0.3) is 0 Å². The molecule has 0 saturated heterocycles. The third kappa shape index (κ3) is 3.90. The fraction of sp³-hybridized carbons (Fsp3) is 0.130. The monoisotopic (exact) mass is 629 g/mol. The Kier molecular flexibility index (Phi) is 5.69. The lowest BCUT2D eigenvalue weighted by Gasteiger charge is -2.42. The smallest absolute Gasteiger partial charge is 0.160 e. The van der Waals surface area contributed by atoms with E-state index in [4.69, 9.17) is 9.97 Å². The minimum atomic E-state index is -0.174. The molecule has 0 N–H and O–H groups in total. The first-order valence-corrected chi connectivity index (χ1v) is 17.2. The highest BCUT2D eigenvalue weighted by Gasteiger charge is 2.43. The van der Waals surface area contributed by atoms with Gasteiger partial charge in [-0.15, -0.1) is 0 Å². The number of nitrogens with zero attached hydrogens (tertiary/aromatic N) is 3. The summed E-state index contributed by atoms with van der Waals surface area (Å²) in [5.41, 5.74) is 16.7. The normalized spacial score (nSPS) is 14.9. The van der Waals surface area contributed by atoms with Crippen molar-refractivity contribution < 1.29 is 0 Å². The molecule has 2 aliphatic rings. The Morgan fingerprint density at radius 1 is 0.408 bits per heavy atom. The Hall–Kier alpha value is -5.80. The fourth-order valence-corrected chi connectivity index (χ4v) is 8.58. The third-order valence-electron chi connectivity index (χ3n) is 11.2. The zero-order valence-corrected chi connectivity index (χ0v) is 28.1. The topological polar surface area (TPSA) is 30.7 Å². The minimum Gasteiger partial charge on any atom is -0.308 e. The van der Waals surface area contributed by atoms with E-state index in [0.29, 0.717) is 0 Å². The van der Waals surface area contributed by atoms with Crippen molar-refractivity contribution in [2.24, 2.45) is 0 Å². The molecule has 49 heavy (non-hydrogen) atoms. The van der Waals surface area contributed by atoms with Gasteiger partial charge in [0.05, 0.1) is 28.1 Å². The van der Waals surface area contributed by atoms with Crippen molar-refractivity contribution in [2.45, 2.75) is 38.5 Å². The quantitative estimate of drug-likeness (QED) is 0.194. The highest BCUT2D eigenvalue weighted by atomic mass is 15.0. The second-order valence-electron chi connectivity index (χ2n) is 14.7. The minimum absolute atomic E-state index is 0.0904. The number of fused-ring (bicyclic) bond motifs is 1. The van der Waals surface area contributed by atoms with E-state index in [1.807, 2.05) is 12.1 Å². The Balaban J connectivity index is 1.20. The van der Waals surface area contributed by atoms with Gasteiger partial charge in [0.1, 0.15) is 0 Å². The van der Waals surface area contributed by atoms with Crippen LogP contribution < -0.4 is 0 Å². The predicted octanol–water partition coefficient (Wildman–Crippen LogP) is 11.5. The maximum Gasteiger partial charge on any atom is 0.160 e.